The van der Waals surface area contributed by atoms with E-state index in [1.807, 2.05) is 12.1 Å². The highest BCUT2D eigenvalue weighted by atomic mass is 16.2. The monoisotopic (exact) mass is 316 g/mol. The molecule has 2 amide bonds. The minimum absolute atomic E-state index is 0.0217. The van der Waals surface area contributed by atoms with Crippen molar-refractivity contribution in [2.75, 3.05) is 14.1 Å². The Labute approximate surface area is 134 Å². The first kappa shape index (κ1) is 16.6. The Kier molecular flexibility index (Phi) is 5.79. The fourth-order valence-corrected chi connectivity index (χ4v) is 2.00. The van der Waals surface area contributed by atoms with Gasteiger partial charge in [-0.15, -0.1) is 5.10 Å². The second kappa shape index (κ2) is 8.02. The first-order valence-electron chi connectivity index (χ1n) is 7.34. The van der Waals surface area contributed by atoms with Crippen LogP contribution in [0.2, 0.25) is 0 Å². The third kappa shape index (κ3) is 5.17. The predicted molar refractivity (Wildman–Crippen MR) is 83.4 cm³/mol. The van der Waals surface area contributed by atoms with Crippen molar-refractivity contribution in [3.63, 3.8) is 0 Å². The smallest absolute Gasteiger partial charge is 0.253 e. The molecule has 0 radical (unpaired) electrons. The lowest BCUT2D eigenvalue weighted by atomic mass is 10.1. The maximum atomic E-state index is 11.8. The summed E-state index contributed by atoms with van der Waals surface area (Å²) >= 11 is 0. The van der Waals surface area contributed by atoms with Crippen LogP contribution < -0.4 is 5.32 Å². The molecule has 0 unspecified atom stereocenters. The summed E-state index contributed by atoms with van der Waals surface area (Å²) < 4.78 is 1.59. The summed E-state index contributed by atoms with van der Waals surface area (Å²) in [5, 5.41) is 13.7. The highest BCUT2D eigenvalue weighted by Crippen LogP contribution is 2.06. The number of amides is 2. The van der Waals surface area contributed by atoms with Gasteiger partial charge in [0, 0.05) is 39.2 Å². The van der Waals surface area contributed by atoms with Gasteiger partial charge < -0.3 is 10.2 Å². The minimum atomic E-state index is -0.0387. The zero-order chi connectivity index (χ0) is 16.7. The van der Waals surface area contributed by atoms with E-state index in [0.29, 0.717) is 31.5 Å². The van der Waals surface area contributed by atoms with Crippen LogP contribution in [-0.2, 0) is 17.9 Å². The lowest BCUT2D eigenvalue weighted by Gasteiger charge is -2.11. The number of tetrazole rings is 1. The van der Waals surface area contributed by atoms with Gasteiger partial charge in [0.1, 0.15) is 6.33 Å². The van der Waals surface area contributed by atoms with Gasteiger partial charge in [-0.3, -0.25) is 9.59 Å². The van der Waals surface area contributed by atoms with Crippen molar-refractivity contribution in [1.29, 1.82) is 0 Å². The van der Waals surface area contributed by atoms with Crippen molar-refractivity contribution >= 4 is 11.8 Å². The van der Waals surface area contributed by atoms with Crippen LogP contribution in [0.4, 0.5) is 0 Å². The zero-order valence-electron chi connectivity index (χ0n) is 13.3. The summed E-state index contributed by atoms with van der Waals surface area (Å²) in [6.07, 6.45) is 2.61. The fraction of sp³-hybridized carbons (Fsp3) is 0.400. The summed E-state index contributed by atoms with van der Waals surface area (Å²) in [4.78, 5) is 25.1. The molecule has 1 N–H and O–H groups in total. The Morgan fingerprint density at radius 1 is 1.22 bits per heavy atom. The van der Waals surface area contributed by atoms with Gasteiger partial charge in [0.2, 0.25) is 5.91 Å². The van der Waals surface area contributed by atoms with Gasteiger partial charge >= 0.3 is 0 Å². The van der Waals surface area contributed by atoms with Crippen LogP contribution >= 0.6 is 0 Å². The van der Waals surface area contributed by atoms with Crippen LogP contribution in [0.3, 0.4) is 0 Å². The van der Waals surface area contributed by atoms with E-state index in [-0.39, 0.29) is 11.8 Å². The maximum Gasteiger partial charge on any atom is 0.253 e. The van der Waals surface area contributed by atoms with Gasteiger partial charge in [-0.05, 0) is 34.5 Å². The molecular weight excluding hydrogens is 296 g/mol. The van der Waals surface area contributed by atoms with Crippen molar-refractivity contribution in [2.45, 2.75) is 25.9 Å². The van der Waals surface area contributed by atoms with E-state index < -0.39 is 0 Å². The van der Waals surface area contributed by atoms with Crippen molar-refractivity contribution < 1.29 is 9.59 Å². The third-order valence-electron chi connectivity index (χ3n) is 3.28. The molecule has 0 bridgehead atoms. The van der Waals surface area contributed by atoms with Crippen LogP contribution in [0, 0.1) is 0 Å². The van der Waals surface area contributed by atoms with Crippen molar-refractivity contribution in [1.82, 2.24) is 30.4 Å². The normalized spacial score (nSPS) is 10.3. The molecule has 1 heterocycles. The molecule has 122 valence electrons. The first-order valence-corrected chi connectivity index (χ1v) is 7.34. The molecule has 8 heteroatoms. The topological polar surface area (TPSA) is 93.0 Å². The number of aryl methyl sites for hydroxylation is 1. The van der Waals surface area contributed by atoms with E-state index in [4.69, 9.17) is 0 Å². The Morgan fingerprint density at radius 3 is 2.57 bits per heavy atom. The van der Waals surface area contributed by atoms with Crippen LogP contribution in [-0.4, -0.2) is 51.0 Å². The summed E-state index contributed by atoms with van der Waals surface area (Å²) in [7, 11) is 3.43. The van der Waals surface area contributed by atoms with Crippen LogP contribution in [0.15, 0.2) is 30.6 Å². The van der Waals surface area contributed by atoms with Crippen LogP contribution in [0.1, 0.15) is 28.8 Å². The van der Waals surface area contributed by atoms with Crippen molar-refractivity contribution in [2.24, 2.45) is 0 Å². The number of rotatable bonds is 7. The highest BCUT2D eigenvalue weighted by molar-refractivity contribution is 5.93. The fourth-order valence-electron chi connectivity index (χ4n) is 2.00. The average Bonchev–Trinajstić information content (AvgIpc) is 3.06. The molecule has 0 aliphatic carbocycles. The largest absolute Gasteiger partial charge is 0.352 e. The molecule has 0 spiro atoms. The number of hydrogen-bond acceptors (Lipinski definition) is 5. The molecule has 0 saturated carbocycles. The summed E-state index contributed by atoms with van der Waals surface area (Å²) in [6, 6.07) is 7.22. The second-order valence-corrected chi connectivity index (χ2v) is 5.35. The van der Waals surface area contributed by atoms with Gasteiger partial charge in [0.15, 0.2) is 0 Å². The molecule has 23 heavy (non-hydrogen) atoms. The summed E-state index contributed by atoms with van der Waals surface area (Å²) in [5.74, 6) is -0.0605. The summed E-state index contributed by atoms with van der Waals surface area (Å²) in [5.41, 5.74) is 1.58. The molecule has 2 aromatic rings. The number of nitrogens with one attached hydrogen (secondary N) is 1. The number of nitrogens with zero attached hydrogens (tertiary/aromatic N) is 5. The van der Waals surface area contributed by atoms with Gasteiger partial charge in [-0.2, -0.15) is 0 Å². The molecule has 1 aromatic carbocycles. The number of aromatic nitrogens is 4. The molecule has 0 atom stereocenters. The highest BCUT2D eigenvalue weighted by Gasteiger charge is 2.07. The van der Waals surface area contributed by atoms with E-state index in [0.717, 1.165) is 5.56 Å². The standard InChI is InChI=1S/C15H20N6O2/c1-20(2)15(23)13-7-5-12(6-8-13)10-16-14(22)4-3-9-21-11-17-18-19-21/h5-8,11H,3-4,9-10H2,1-2H3,(H,16,22). The Bertz CT molecular complexity index is 636. The third-order valence-corrected chi connectivity index (χ3v) is 3.28. The lowest BCUT2D eigenvalue weighted by Crippen LogP contribution is -2.23. The molecule has 0 saturated heterocycles. The molecule has 1 aromatic heterocycles. The van der Waals surface area contributed by atoms with E-state index in [2.05, 4.69) is 20.8 Å². The van der Waals surface area contributed by atoms with Gasteiger partial charge in [0.05, 0.1) is 0 Å². The second-order valence-electron chi connectivity index (χ2n) is 5.35. The minimum Gasteiger partial charge on any atom is -0.352 e. The zero-order valence-corrected chi connectivity index (χ0v) is 13.3. The van der Waals surface area contributed by atoms with Crippen molar-refractivity contribution in [3.05, 3.63) is 41.7 Å². The molecule has 8 nitrogen and oxygen atoms in total. The maximum absolute atomic E-state index is 11.8. The molecular formula is C15H20N6O2. The van der Waals surface area contributed by atoms with Gasteiger partial charge in [-0.1, -0.05) is 12.1 Å². The Hall–Kier alpha value is -2.77. The van der Waals surface area contributed by atoms with Gasteiger partial charge in [0.25, 0.3) is 5.91 Å². The van der Waals surface area contributed by atoms with E-state index in [1.54, 1.807) is 30.9 Å². The van der Waals surface area contributed by atoms with E-state index >= 15 is 0 Å². The molecule has 0 aliphatic rings. The Balaban J connectivity index is 1.72. The van der Waals surface area contributed by atoms with Crippen LogP contribution in [0.5, 0.6) is 0 Å². The Morgan fingerprint density at radius 2 is 1.96 bits per heavy atom. The lowest BCUT2D eigenvalue weighted by molar-refractivity contribution is -0.121. The van der Waals surface area contributed by atoms with Crippen LogP contribution in [0.25, 0.3) is 0 Å². The van der Waals surface area contributed by atoms with E-state index in [1.165, 1.54) is 11.2 Å². The first-order chi connectivity index (χ1) is 11.1. The van der Waals surface area contributed by atoms with Gasteiger partial charge in [-0.25, -0.2) is 4.68 Å². The number of carbonyl (C=O) groups excluding carboxylic acids is 2. The molecule has 2 rings (SSSR count). The SMILES string of the molecule is CN(C)C(=O)c1ccc(CNC(=O)CCCn2cnnn2)cc1. The molecule has 0 fully saturated rings. The van der Waals surface area contributed by atoms with E-state index in [9.17, 15) is 9.59 Å². The summed E-state index contributed by atoms with van der Waals surface area (Å²) in [6.45, 7) is 1.06. The average molecular weight is 316 g/mol. The van der Waals surface area contributed by atoms with Crippen molar-refractivity contribution in [3.8, 4) is 0 Å². The quantitative estimate of drug-likeness (QED) is 0.801. The number of hydrogen-bond donors (Lipinski definition) is 1. The number of benzene rings is 1. The molecule has 0 aliphatic heterocycles. The number of carbonyl (C=O) groups is 2. The predicted octanol–water partition coefficient (Wildman–Crippen LogP) is 0.472.